The number of rotatable bonds is 4. The maximum Gasteiger partial charge on any atom is 0.292 e. The van der Waals surface area contributed by atoms with E-state index in [0.29, 0.717) is 5.95 Å². The minimum atomic E-state index is 0.620. The molecule has 7 aromatic carbocycles. The first-order valence-corrected chi connectivity index (χ1v) is 17.8. The van der Waals surface area contributed by atoms with E-state index in [2.05, 4.69) is 160 Å². The predicted octanol–water partition coefficient (Wildman–Crippen LogP) is 11.2. The number of hydrogen-bond donors (Lipinski definition) is 1. The summed E-state index contributed by atoms with van der Waals surface area (Å²) in [6, 6.07) is 57.4. The number of aromatic nitrogens is 5. The normalized spacial score (nSPS) is 12.2. The van der Waals surface area contributed by atoms with Gasteiger partial charge in [-0.05, 0) is 72.3 Å². The van der Waals surface area contributed by atoms with Crippen molar-refractivity contribution in [2.75, 3.05) is 0 Å². The van der Waals surface area contributed by atoms with Crippen LogP contribution in [0.4, 0.5) is 0 Å². The van der Waals surface area contributed by atoms with E-state index < -0.39 is 0 Å². The summed E-state index contributed by atoms with van der Waals surface area (Å²) in [5.41, 5.74) is 14.4. The molecule has 12 rings (SSSR count). The van der Waals surface area contributed by atoms with Gasteiger partial charge in [-0.3, -0.25) is 4.57 Å². The molecule has 246 valence electrons. The fraction of sp³-hybridized carbons (Fsp3) is 0. The Morgan fingerprint density at radius 1 is 0.509 bits per heavy atom. The lowest BCUT2D eigenvalue weighted by Crippen LogP contribution is -2.32. The highest BCUT2D eigenvalue weighted by atomic mass is 16.3. The van der Waals surface area contributed by atoms with Crippen molar-refractivity contribution in [1.29, 1.82) is 0 Å². The minimum Gasteiger partial charge on any atom is -0.456 e. The van der Waals surface area contributed by atoms with E-state index in [4.69, 9.17) is 14.4 Å². The number of imidazole rings is 1. The number of nitrogens with one attached hydrogen (secondary N) is 1. The Bertz CT molecular complexity index is 3280. The molecule has 6 nitrogen and oxygen atoms in total. The van der Waals surface area contributed by atoms with Gasteiger partial charge in [0.2, 0.25) is 5.95 Å². The monoisotopic (exact) mass is 678 g/mol. The third-order valence-electron chi connectivity index (χ3n) is 10.8. The van der Waals surface area contributed by atoms with Crippen molar-refractivity contribution < 1.29 is 8.98 Å². The average Bonchev–Trinajstić information content (AvgIpc) is 3.88. The Morgan fingerprint density at radius 2 is 1.21 bits per heavy atom. The van der Waals surface area contributed by atoms with E-state index in [-0.39, 0.29) is 0 Å². The first-order valence-electron chi connectivity index (χ1n) is 17.8. The molecule has 0 radical (unpaired) electrons. The van der Waals surface area contributed by atoms with Gasteiger partial charge in [0.25, 0.3) is 5.82 Å². The molecule has 0 aliphatic carbocycles. The second-order valence-electron chi connectivity index (χ2n) is 13.7. The Morgan fingerprint density at radius 3 is 2.08 bits per heavy atom. The van der Waals surface area contributed by atoms with Gasteiger partial charge < -0.3 is 4.42 Å². The van der Waals surface area contributed by atoms with Gasteiger partial charge in [0.15, 0.2) is 11.0 Å². The second kappa shape index (κ2) is 10.6. The molecule has 53 heavy (non-hydrogen) atoms. The van der Waals surface area contributed by atoms with Gasteiger partial charge >= 0.3 is 0 Å². The van der Waals surface area contributed by atoms with E-state index in [1.54, 1.807) is 0 Å². The van der Waals surface area contributed by atoms with Crippen LogP contribution < -0.4 is 4.57 Å². The van der Waals surface area contributed by atoms with E-state index in [0.717, 1.165) is 83.6 Å². The van der Waals surface area contributed by atoms with Crippen LogP contribution in [-0.2, 0) is 0 Å². The van der Waals surface area contributed by atoms with Gasteiger partial charge in [-0.25, -0.2) is 15.0 Å². The maximum absolute atomic E-state index is 6.19. The topological polar surface area (TPSA) is 63.5 Å². The van der Waals surface area contributed by atoms with Crippen LogP contribution in [0.3, 0.4) is 0 Å². The summed E-state index contributed by atoms with van der Waals surface area (Å²) in [5.74, 6) is 1.66. The van der Waals surface area contributed by atoms with E-state index in [1.807, 2.05) is 18.2 Å². The molecule has 0 saturated carbocycles. The summed E-state index contributed by atoms with van der Waals surface area (Å²) in [7, 11) is 0. The van der Waals surface area contributed by atoms with Gasteiger partial charge in [-0.2, -0.15) is 4.57 Å². The molecule has 0 fully saturated rings. The molecule has 0 amide bonds. The standard InChI is InChI=1S/C47H27N5O/c1-3-12-28(13-4-1)36-27-37(30-22-25-42-34(26-30)32-17-8-10-21-41(32)53-42)50-47(49-36)51-39-20-11-18-33-31-16-7-9-19-38(31)52-45-35(23-24-40(51)44(45)43(33)39)48-46(52)29-14-5-2-6-15-29/h1-27H/p+1. The van der Waals surface area contributed by atoms with E-state index >= 15 is 0 Å². The van der Waals surface area contributed by atoms with Crippen molar-refractivity contribution in [1.82, 2.24) is 19.5 Å². The molecule has 1 aliphatic heterocycles. The van der Waals surface area contributed by atoms with Crippen molar-refractivity contribution >= 4 is 54.8 Å². The van der Waals surface area contributed by atoms with Gasteiger partial charge in [0.1, 0.15) is 16.9 Å². The number of benzene rings is 7. The number of furan rings is 1. The van der Waals surface area contributed by atoms with Gasteiger partial charge in [-0.15, -0.1) is 0 Å². The summed E-state index contributed by atoms with van der Waals surface area (Å²) >= 11 is 0. The Balaban J connectivity index is 1.19. The fourth-order valence-corrected chi connectivity index (χ4v) is 8.46. The van der Waals surface area contributed by atoms with E-state index in [1.165, 1.54) is 21.9 Å². The Kier molecular flexibility index (Phi) is 5.68. The number of para-hydroxylation sites is 2. The van der Waals surface area contributed by atoms with Crippen molar-refractivity contribution in [3.8, 4) is 56.7 Å². The molecule has 0 bridgehead atoms. The highest BCUT2D eigenvalue weighted by Gasteiger charge is 2.33. The van der Waals surface area contributed by atoms with Crippen molar-refractivity contribution in [3.05, 3.63) is 164 Å². The predicted molar refractivity (Wildman–Crippen MR) is 212 cm³/mol. The molecule has 1 N–H and O–H groups in total. The zero-order valence-corrected chi connectivity index (χ0v) is 28.3. The average molecular weight is 679 g/mol. The third-order valence-corrected chi connectivity index (χ3v) is 10.8. The lowest BCUT2D eigenvalue weighted by atomic mass is 9.99. The first kappa shape index (κ1) is 28.4. The van der Waals surface area contributed by atoms with Gasteiger partial charge in [0, 0.05) is 32.8 Å². The molecule has 1 aliphatic rings. The summed E-state index contributed by atoms with van der Waals surface area (Å²) in [4.78, 5) is 14.5. The van der Waals surface area contributed by atoms with Crippen molar-refractivity contribution in [2.45, 2.75) is 0 Å². The first-order chi connectivity index (χ1) is 26.3. The van der Waals surface area contributed by atoms with Crippen LogP contribution in [0, 0.1) is 0 Å². The van der Waals surface area contributed by atoms with Crippen LogP contribution in [0.15, 0.2) is 168 Å². The van der Waals surface area contributed by atoms with Crippen LogP contribution in [0.1, 0.15) is 0 Å². The molecular formula is C47H28N5O+. The van der Waals surface area contributed by atoms with Gasteiger partial charge in [0.05, 0.1) is 33.4 Å². The zero-order chi connectivity index (χ0) is 34.6. The van der Waals surface area contributed by atoms with Crippen molar-refractivity contribution in [2.24, 2.45) is 0 Å². The summed E-state index contributed by atoms with van der Waals surface area (Å²) < 4.78 is 10.8. The Labute approximate surface area is 302 Å². The molecule has 0 saturated heterocycles. The summed E-state index contributed by atoms with van der Waals surface area (Å²) in [6.45, 7) is 0. The largest absolute Gasteiger partial charge is 0.456 e. The number of nitrogens with zero attached hydrogens (tertiary/aromatic N) is 4. The fourth-order valence-electron chi connectivity index (χ4n) is 8.46. The zero-order valence-electron chi connectivity index (χ0n) is 28.3. The highest BCUT2D eigenvalue weighted by Crippen LogP contribution is 2.45. The molecule has 4 aromatic heterocycles. The Hall–Kier alpha value is -7.31. The number of fused-ring (bicyclic) bond motifs is 6. The molecule has 5 heterocycles. The van der Waals surface area contributed by atoms with Crippen LogP contribution in [-0.4, -0.2) is 19.5 Å². The summed E-state index contributed by atoms with van der Waals surface area (Å²) in [6.07, 6.45) is 0. The number of H-pyrrole nitrogens is 1. The number of hydrogen-bond acceptors (Lipinski definition) is 3. The molecule has 0 spiro atoms. The van der Waals surface area contributed by atoms with Crippen LogP contribution in [0.25, 0.3) is 111 Å². The lowest BCUT2D eigenvalue weighted by molar-refractivity contribution is -0.553. The maximum atomic E-state index is 6.19. The number of aromatic amines is 1. The van der Waals surface area contributed by atoms with Crippen LogP contribution >= 0.6 is 0 Å². The lowest BCUT2D eigenvalue weighted by Gasteiger charge is -2.13. The molecule has 0 unspecified atom stereocenters. The van der Waals surface area contributed by atoms with Crippen molar-refractivity contribution in [3.63, 3.8) is 0 Å². The SMILES string of the molecule is c1ccc(-c2cc(-c3ccc4oc5ccccc5c4c3)nc(-n3c4cccc5c4c4c3ccc3[nH]c(-c6ccccc6)[n+](c34)-c3ccccc3-5)n2)cc1. The smallest absolute Gasteiger partial charge is 0.292 e. The molecule has 11 aromatic rings. The molecule has 0 atom stereocenters. The van der Waals surface area contributed by atoms with Crippen LogP contribution in [0.2, 0.25) is 0 Å². The van der Waals surface area contributed by atoms with Gasteiger partial charge in [-0.1, -0.05) is 97.1 Å². The molecule has 6 heteroatoms. The third kappa shape index (κ3) is 4.00. The highest BCUT2D eigenvalue weighted by molar-refractivity contribution is 6.24. The quantitative estimate of drug-likeness (QED) is 0.188. The van der Waals surface area contributed by atoms with E-state index in [9.17, 15) is 0 Å². The molecular weight excluding hydrogens is 651 g/mol. The summed E-state index contributed by atoms with van der Waals surface area (Å²) in [5, 5.41) is 4.51. The van der Waals surface area contributed by atoms with Crippen LogP contribution in [0.5, 0.6) is 0 Å². The minimum absolute atomic E-state index is 0.620. The second-order valence-corrected chi connectivity index (χ2v) is 13.7.